The van der Waals surface area contributed by atoms with E-state index in [0.29, 0.717) is 0 Å². The first kappa shape index (κ1) is 30.3. The van der Waals surface area contributed by atoms with E-state index in [-0.39, 0.29) is 5.25 Å². The van der Waals surface area contributed by atoms with Crippen LogP contribution in [0, 0.1) is 6.92 Å². The quantitative estimate of drug-likeness (QED) is 0.141. The molecule has 1 aromatic heterocycles. The molecule has 0 amide bonds. The van der Waals surface area contributed by atoms with Crippen molar-refractivity contribution in [2.24, 2.45) is 0 Å². The Labute approximate surface area is 298 Å². The standard InChI is InChI=1S/C47H35NOS/c1-4-6-19-43-29(3)35-24-22-34(28-44(35)49-43)48(32-21-20-30-13-7-8-14-31(30)26-32)33-23-25-37-40-17-11-18-41-45(40)39-16-10-9-15-36(39)38(12-5-2)46(47(41)50)42(37)27-33/h4-28,47,50H,1H2,2-3H3/b12-5-,19-6-. The second kappa shape index (κ2) is 12.0. The molecule has 7 aromatic rings. The fourth-order valence-corrected chi connectivity index (χ4v) is 8.42. The van der Waals surface area contributed by atoms with Crippen LogP contribution < -0.4 is 4.90 Å². The summed E-state index contributed by atoms with van der Waals surface area (Å²) in [5.74, 6) is 0.845. The number of allylic oxidation sites excluding steroid dienone is 5. The SMILES string of the molecule is C=C/C=C\c1oc2cc(N(c3ccc4c(c3)C3=C(/C=C\C)c5ccccc5-c5c-4cccc5C3S)c3ccc4ccccc4c3)ccc2c1C. The maximum Gasteiger partial charge on any atom is 0.137 e. The van der Waals surface area contributed by atoms with Gasteiger partial charge in [-0.05, 0) is 117 Å². The van der Waals surface area contributed by atoms with Crippen LogP contribution in [-0.4, -0.2) is 0 Å². The van der Waals surface area contributed by atoms with Crippen LogP contribution in [0.25, 0.3) is 61.2 Å². The molecule has 1 unspecified atom stereocenters. The Hall–Kier alpha value is -5.77. The largest absolute Gasteiger partial charge is 0.456 e. The van der Waals surface area contributed by atoms with Gasteiger partial charge >= 0.3 is 0 Å². The van der Waals surface area contributed by atoms with Crippen molar-refractivity contribution in [1.29, 1.82) is 0 Å². The lowest BCUT2D eigenvalue weighted by atomic mass is 9.83. The summed E-state index contributed by atoms with van der Waals surface area (Å²) in [5, 5.41) is 3.40. The zero-order valence-corrected chi connectivity index (χ0v) is 28.9. The van der Waals surface area contributed by atoms with Gasteiger partial charge in [-0.15, -0.1) is 0 Å². The highest BCUT2D eigenvalue weighted by atomic mass is 32.1. The van der Waals surface area contributed by atoms with Crippen LogP contribution in [0.3, 0.4) is 0 Å². The number of thiol groups is 1. The molecular weight excluding hydrogens is 627 g/mol. The number of benzene rings is 6. The Kier molecular flexibility index (Phi) is 7.26. The Morgan fingerprint density at radius 1 is 0.680 bits per heavy atom. The van der Waals surface area contributed by atoms with Gasteiger partial charge in [0.15, 0.2) is 0 Å². The summed E-state index contributed by atoms with van der Waals surface area (Å²) in [6.45, 7) is 8.04. The summed E-state index contributed by atoms with van der Waals surface area (Å²) in [5.41, 5.74) is 16.3. The molecule has 0 radical (unpaired) electrons. The Morgan fingerprint density at radius 3 is 2.24 bits per heavy atom. The van der Waals surface area contributed by atoms with Gasteiger partial charge in [-0.1, -0.05) is 110 Å². The minimum Gasteiger partial charge on any atom is -0.456 e. The van der Waals surface area contributed by atoms with E-state index in [1.165, 1.54) is 60.9 Å². The van der Waals surface area contributed by atoms with Gasteiger partial charge in [-0.3, -0.25) is 0 Å². The summed E-state index contributed by atoms with van der Waals surface area (Å²) in [7, 11) is 0. The zero-order chi connectivity index (χ0) is 33.9. The van der Waals surface area contributed by atoms with Gasteiger partial charge in [-0.25, -0.2) is 0 Å². The third-order valence-electron chi connectivity index (χ3n) is 10.2. The molecule has 50 heavy (non-hydrogen) atoms. The first-order valence-electron chi connectivity index (χ1n) is 17.1. The van der Waals surface area contributed by atoms with Gasteiger partial charge in [0.05, 0.1) is 5.25 Å². The monoisotopic (exact) mass is 661 g/mol. The van der Waals surface area contributed by atoms with Gasteiger partial charge < -0.3 is 9.32 Å². The van der Waals surface area contributed by atoms with E-state index in [1.807, 2.05) is 12.2 Å². The number of nitrogens with zero attached hydrogens (tertiary/aromatic N) is 1. The van der Waals surface area contributed by atoms with Crippen LogP contribution >= 0.6 is 12.6 Å². The highest BCUT2D eigenvalue weighted by Gasteiger charge is 2.34. The maximum absolute atomic E-state index is 6.42. The number of fused-ring (bicyclic) bond motifs is 7. The predicted molar refractivity (Wildman–Crippen MR) is 217 cm³/mol. The third-order valence-corrected chi connectivity index (χ3v) is 10.7. The average molecular weight is 662 g/mol. The van der Waals surface area contributed by atoms with Crippen molar-refractivity contribution in [1.82, 2.24) is 0 Å². The maximum atomic E-state index is 6.42. The van der Waals surface area contributed by atoms with Gasteiger partial charge in [-0.2, -0.15) is 12.6 Å². The lowest BCUT2D eigenvalue weighted by molar-refractivity contribution is 0.601. The first-order valence-corrected chi connectivity index (χ1v) is 17.6. The van der Waals surface area contributed by atoms with Gasteiger partial charge in [0.2, 0.25) is 0 Å². The normalized spacial score (nSPS) is 14.7. The summed E-state index contributed by atoms with van der Waals surface area (Å²) < 4.78 is 6.42. The van der Waals surface area contributed by atoms with E-state index in [0.717, 1.165) is 39.4 Å². The van der Waals surface area contributed by atoms with Crippen molar-refractivity contribution < 1.29 is 4.42 Å². The number of anilines is 3. The number of hydrogen-bond acceptors (Lipinski definition) is 3. The molecule has 1 atom stereocenters. The van der Waals surface area contributed by atoms with E-state index in [2.05, 4.69) is 159 Å². The lowest BCUT2D eigenvalue weighted by Gasteiger charge is -2.28. The molecular formula is C47H35NOS. The van der Waals surface area contributed by atoms with Gasteiger partial charge in [0.25, 0.3) is 0 Å². The van der Waals surface area contributed by atoms with Gasteiger partial charge in [0.1, 0.15) is 11.3 Å². The van der Waals surface area contributed by atoms with E-state index in [9.17, 15) is 0 Å². The van der Waals surface area contributed by atoms with E-state index >= 15 is 0 Å². The van der Waals surface area contributed by atoms with Gasteiger partial charge in [0, 0.05) is 34.1 Å². The molecule has 9 rings (SSSR count). The minimum absolute atomic E-state index is 0.0985. The lowest BCUT2D eigenvalue weighted by Crippen LogP contribution is -2.11. The molecule has 1 heterocycles. The van der Waals surface area contributed by atoms with Crippen molar-refractivity contribution in [3.63, 3.8) is 0 Å². The fourth-order valence-electron chi connectivity index (χ4n) is 7.92. The second-order valence-electron chi connectivity index (χ2n) is 13.0. The van der Waals surface area contributed by atoms with Crippen LogP contribution in [0.1, 0.15) is 40.2 Å². The molecule has 0 saturated heterocycles. The predicted octanol–water partition coefficient (Wildman–Crippen LogP) is 13.7. The highest BCUT2D eigenvalue weighted by Crippen LogP contribution is 2.57. The highest BCUT2D eigenvalue weighted by molar-refractivity contribution is 7.81. The number of aryl methyl sites for hydroxylation is 1. The summed E-state index contributed by atoms with van der Waals surface area (Å²) >= 11 is 5.41. The molecule has 240 valence electrons. The van der Waals surface area contributed by atoms with Crippen LogP contribution in [-0.2, 0) is 0 Å². The second-order valence-corrected chi connectivity index (χ2v) is 13.5. The molecule has 0 aliphatic heterocycles. The Bertz CT molecular complexity index is 2610. The molecule has 3 heteroatoms. The molecule has 2 aliphatic rings. The van der Waals surface area contributed by atoms with Crippen molar-refractivity contribution in [2.45, 2.75) is 19.1 Å². The Balaban J connectivity index is 1.32. The van der Waals surface area contributed by atoms with Crippen molar-refractivity contribution in [3.05, 3.63) is 180 Å². The topological polar surface area (TPSA) is 16.4 Å². The van der Waals surface area contributed by atoms with Crippen molar-refractivity contribution in [3.8, 4) is 22.3 Å². The van der Waals surface area contributed by atoms with Crippen LogP contribution in [0.15, 0.2) is 157 Å². The van der Waals surface area contributed by atoms with Crippen molar-refractivity contribution >= 4 is 68.7 Å². The summed E-state index contributed by atoms with van der Waals surface area (Å²) in [4.78, 5) is 2.35. The van der Waals surface area contributed by atoms with Crippen LogP contribution in [0.5, 0.6) is 0 Å². The number of furan rings is 1. The summed E-state index contributed by atoms with van der Waals surface area (Å²) in [6.07, 6.45) is 10.1. The molecule has 0 N–H and O–H groups in total. The average Bonchev–Trinajstić information content (AvgIpc) is 3.39. The van der Waals surface area contributed by atoms with E-state index in [4.69, 9.17) is 17.0 Å². The number of hydrogen-bond donors (Lipinski definition) is 1. The summed E-state index contributed by atoms with van der Waals surface area (Å²) in [6, 6.07) is 44.2. The molecule has 6 aromatic carbocycles. The first-order chi connectivity index (χ1) is 24.6. The van der Waals surface area contributed by atoms with E-state index < -0.39 is 0 Å². The molecule has 4 bridgehead atoms. The minimum atomic E-state index is -0.0985. The smallest absolute Gasteiger partial charge is 0.137 e. The molecule has 2 nitrogen and oxygen atoms in total. The van der Waals surface area contributed by atoms with Crippen LogP contribution in [0.4, 0.5) is 17.1 Å². The fraction of sp³-hybridized carbons (Fsp3) is 0.0638. The number of rotatable bonds is 6. The Morgan fingerprint density at radius 2 is 1.40 bits per heavy atom. The third kappa shape index (κ3) is 4.65. The molecule has 0 saturated carbocycles. The molecule has 2 aliphatic carbocycles. The van der Waals surface area contributed by atoms with Crippen LogP contribution in [0.2, 0.25) is 0 Å². The zero-order valence-electron chi connectivity index (χ0n) is 28.0. The van der Waals surface area contributed by atoms with Crippen molar-refractivity contribution in [2.75, 3.05) is 4.90 Å². The molecule has 0 spiro atoms. The van der Waals surface area contributed by atoms with E-state index in [1.54, 1.807) is 6.08 Å². The molecule has 0 fully saturated rings.